The summed E-state index contributed by atoms with van der Waals surface area (Å²) >= 11 is 1.74. The van der Waals surface area contributed by atoms with Gasteiger partial charge in [-0.1, -0.05) is 44.2 Å². The summed E-state index contributed by atoms with van der Waals surface area (Å²) in [6, 6.07) is 13.0. The van der Waals surface area contributed by atoms with Gasteiger partial charge in [0, 0.05) is 17.3 Å². The molecule has 0 aliphatic carbocycles. The zero-order valence-corrected chi connectivity index (χ0v) is 16.9. The lowest BCUT2D eigenvalue weighted by Crippen LogP contribution is -2.25. The monoisotopic (exact) mass is 382 g/mol. The van der Waals surface area contributed by atoms with Crippen molar-refractivity contribution >= 4 is 17.3 Å². The summed E-state index contributed by atoms with van der Waals surface area (Å²) in [5.41, 5.74) is 2.70. The summed E-state index contributed by atoms with van der Waals surface area (Å²) in [6.07, 6.45) is 0.283. The highest BCUT2D eigenvalue weighted by Crippen LogP contribution is 2.37. The Morgan fingerprint density at radius 3 is 2.74 bits per heavy atom. The number of aliphatic hydroxyl groups excluding tert-OH is 1. The van der Waals surface area contributed by atoms with Gasteiger partial charge >= 0.3 is 0 Å². The van der Waals surface area contributed by atoms with E-state index in [1.54, 1.807) is 11.3 Å². The third-order valence-corrected chi connectivity index (χ3v) is 6.49. The van der Waals surface area contributed by atoms with Gasteiger partial charge in [-0.15, -0.1) is 21.5 Å². The van der Waals surface area contributed by atoms with E-state index in [0.717, 1.165) is 24.9 Å². The van der Waals surface area contributed by atoms with E-state index in [2.05, 4.69) is 68.4 Å². The predicted molar refractivity (Wildman–Crippen MR) is 109 cm³/mol. The molecule has 0 amide bonds. The van der Waals surface area contributed by atoms with Crippen molar-refractivity contribution in [3.8, 4) is 0 Å². The Bertz CT molecular complexity index is 905. The molecule has 5 nitrogen and oxygen atoms in total. The Kier molecular flexibility index (Phi) is 5.02. The average Bonchev–Trinajstić information content (AvgIpc) is 3.41. The van der Waals surface area contributed by atoms with Crippen LogP contribution in [0.5, 0.6) is 0 Å². The maximum absolute atomic E-state index is 10.4. The highest BCUT2D eigenvalue weighted by atomic mass is 32.1. The summed E-state index contributed by atoms with van der Waals surface area (Å²) in [6.45, 7) is 7.83. The highest BCUT2D eigenvalue weighted by molar-refractivity contribution is 7.09. The second kappa shape index (κ2) is 7.44. The molecule has 0 saturated heterocycles. The second-order valence-corrected chi connectivity index (χ2v) is 8.32. The molecule has 0 radical (unpaired) electrons. The number of aliphatic hydroxyl groups is 1. The maximum atomic E-state index is 10.4. The van der Waals surface area contributed by atoms with Crippen LogP contribution in [0.25, 0.3) is 0 Å². The molecule has 4 rings (SSSR count). The smallest absolute Gasteiger partial charge is 0.228 e. The first-order valence-electron chi connectivity index (χ1n) is 9.58. The fourth-order valence-corrected chi connectivity index (χ4v) is 4.60. The Morgan fingerprint density at radius 1 is 1.22 bits per heavy atom. The molecule has 2 unspecified atom stereocenters. The molecule has 1 aromatic carbocycles. The lowest BCUT2D eigenvalue weighted by atomic mass is 10.0. The minimum atomic E-state index is -0.419. The van der Waals surface area contributed by atoms with E-state index in [0.29, 0.717) is 6.42 Å². The molecule has 6 heteroatoms. The van der Waals surface area contributed by atoms with E-state index in [1.165, 1.54) is 16.0 Å². The van der Waals surface area contributed by atoms with Crippen LogP contribution in [-0.4, -0.2) is 26.0 Å². The minimum absolute atomic E-state index is 0.0588. The largest absolute Gasteiger partial charge is 0.392 e. The molecule has 1 aliphatic rings. The van der Waals surface area contributed by atoms with E-state index in [-0.39, 0.29) is 12.0 Å². The van der Waals surface area contributed by atoms with Crippen LogP contribution in [0.1, 0.15) is 61.0 Å². The molecule has 0 fully saturated rings. The zero-order chi connectivity index (χ0) is 19.0. The molecule has 3 atom stereocenters. The SMILES string of the molecule is CCC(O)C(C)c1nnc(N2Cc3ccccc3[C@H]2C)n1Cc1cccs1. The first-order chi connectivity index (χ1) is 13.1. The average molecular weight is 383 g/mol. The van der Waals surface area contributed by atoms with Crippen molar-refractivity contribution in [2.24, 2.45) is 0 Å². The van der Waals surface area contributed by atoms with E-state index < -0.39 is 6.10 Å². The molecule has 142 valence electrons. The summed E-state index contributed by atoms with van der Waals surface area (Å²) in [4.78, 5) is 3.58. The number of anilines is 1. The van der Waals surface area contributed by atoms with Crippen molar-refractivity contribution in [2.75, 3.05) is 4.90 Å². The number of nitrogens with zero attached hydrogens (tertiary/aromatic N) is 4. The zero-order valence-electron chi connectivity index (χ0n) is 16.0. The van der Waals surface area contributed by atoms with Crippen molar-refractivity contribution in [1.29, 1.82) is 0 Å². The third kappa shape index (κ3) is 3.28. The lowest BCUT2D eigenvalue weighted by Gasteiger charge is -2.25. The summed E-state index contributed by atoms with van der Waals surface area (Å²) < 4.78 is 2.19. The van der Waals surface area contributed by atoms with Gasteiger partial charge in [0.2, 0.25) is 5.95 Å². The van der Waals surface area contributed by atoms with Gasteiger partial charge in [-0.2, -0.15) is 0 Å². The van der Waals surface area contributed by atoms with Gasteiger partial charge in [-0.3, -0.25) is 4.57 Å². The van der Waals surface area contributed by atoms with Crippen molar-refractivity contribution in [2.45, 2.75) is 58.3 Å². The van der Waals surface area contributed by atoms with Crippen LogP contribution in [-0.2, 0) is 13.1 Å². The van der Waals surface area contributed by atoms with Crippen LogP contribution in [0, 0.1) is 0 Å². The van der Waals surface area contributed by atoms with Crippen molar-refractivity contribution in [3.05, 3.63) is 63.6 Å². The molecule has 0 saturated carbocycles. The predicted octanol–water partition coefficient (Wildman–Crippen LogP) is 4.34. The van der Waals surface area contributed by atoms with Gasteiger partial charge in [-0.05, 0) is 35.9 Å². The Morgan fingerprint density at radius 2 is 2.04 bits per heavy atom. The number of rotatable bonds is 6. The van der Waals surface area contributed by atoms with E-state index in [1.807, 2.05) is 13.8 Å². The number of thiophene rings is 1. The van der Waals surface area contributed by atoms with Gasteiger partial charge in [0.25, 0.3) is 0 Å². The van der Waals surface area contributed by atoms with Crippen molar-refractivity contribution < 1.29 is 5.11 Å². The van der Waals surface area contributed by atoms with Crippen LogP contribution in [0.2, 0.25) is 0 Å². The molecule has 1 aliphatic heterocycles. The number of fused-ring (bicyclic) bond motifs is 1. The Hall–Kier alpha value is -2.18. The standard InChI is InChI=1S/C21H26N4OS/c1-4-19(26)14(2)20-22-23-21(25(20)13-17-9-7-11-27-17)24-12-16-8-5-6-10-18(16)15(24)3/h5-11,14-15,19,26H,4,12-13H2,1-3H3/t14?,15-,19?/m1/s1. The van der Waals surface area contributed by atoms with Gasteiger partial charge in [0.05, 0.1) is 18.7 Å². The fraction of sp³-hybridized carbons (Fsp3) is 0.429. The van der Waals surface area contributed by atoms with Gasteiger partial charge in [0.1, 0.15) is 5.82 Å². The first-order valence-corrected chi connectivity index (χ1v) is 10.5. The van der Waals surface area contributed by atoms with Crippen LogP contribution in [0.3, 0.4) is 0 Å². The molecule has 0 bridgehead atoms. The second-order valence-electron chi connectivity index (χ2n) is 7.29. The summed E-state index contributed by atoms with van der Waals surface area (Å²) in [5, 5.41) is 21.6. The first kappa shape index (κ1) is 18.2. The van der Waals surface area contributed by atoms with Crippen LogP contribution in [0.15, 0.2) is 41.8 Å². The molecule has 2 aromatic heterocycles. The summed E-state index contributed by atoms with van der Waals surface area (Å²) in [5.74, 6) is 1.68. The Labute approximate surface area is 164 Å². The topological polar surface area (TPSA) is 54.2 Å². The molecule has 1 N–H and O–H groups in total. The van der Waals surface area contributed by atoms with Crippen LogP contribution < -0.4 is 4.90 Å². The molecule has 27 heavy (non-hydrogen) atoms. The van der Waals surface area contributed by atoms with E-state index >= 15 is 0 Å². The number of hydrogen-bond acceptors (Lipinski definition) is 5. The van der Waals surface area contributed by atoms with Gasteiger partial charge in [-0.25, -0.2) is 0 Å². The number of aromatic nitrogens is 3. The lowest BCUT2D eigenvalue weighted by molar-refractivity contribution is 0.140. The van der Waals surface area contributed by atoms with E-state index in [4.69, 9.17) is 0 Å². The normalized spacial score (nSPS) is 18.5. The maximum Gasteiger partial charge on any atom is 0.228 e. The van der Waals surface area contributed by atoms with Gasteiger partial charge in [0.15, 0.2) is 0 Å². The van der Waals surface area contributed by atoms with Gasteiger partial charge < -0.3 is 10.0 Å². The fourth-order valence-electron chi connectivity index (χ4n) is 3.91. The molecular formula is C21H26N4OS. The third-order valence-electron chi connectivity index (χ3n) is 5.63. The van der Waals surface area contributed by atoms with Crippen molar-refractivity contribution in [1.82, 2.24) is 14.8 Å². The highest BCUT2D eigenvalue weighted by Gasteiger charge is 2.32. The molecular weight excluding hydrogens is 356 g/mol. The van der Waals surface area contributed by atoms with E-state index in [9.17, 15) is 5.11 Å². The molecule has 0 spiro atoms. The molecule has 3 aromatic rings. The van der Waals surface area contributed by atoms with Crippen LogP contribution >= 0.6 is 11.3 Å². The quantitative estimate of drug-likeness (QED) is 0.689. The Balaban J connectivity index is 1.74. The van der Waals surface area contributed by atoms with Crippen LogP contribution in [0.4, 0.5) is 5.95 Å². The number of hydrogen-bond donors (Lipinski definition) is 1. The van der Waals surface area contributed by atoms with Crippen molar-refractivity contribution in [3.63, 3.8) is 0 Å². The number of benzene rings is 1. The minimum Gasteiger partial charge on any atom is -0.392 e. The molecule has 3 heterocycles. The summed E-state index contributed by atoms with van der Waals surface area (Å²) in [7, 11) is 0.